The number of hydrogen-bond acceptors (Lipinski definition) is 5. The molecular formula is C19H32IN5OS. The smallest absolute Gasteiger partial charge is 0.191 e. The monoisotopic (exact) mass is 505 g/mol. The van der Waals surface area contributed by atoms with E-state index in [-0.39, 0.29) is 24.0 Å². The van der Waals surface area contributed by atoms with Gasteiger partial charge >= 0.3 is 0 Å². The van der Waals surface area contributed by atoms with E-state index in [4.69, 9.17) is 4.52 Å². The number of aryl methyl sites for hydroxylation is 1. The van der Waals surface area contributed by atoms with Gasteiger partial charge in [-0.25, -0.2) is 9.98 Å². The minimum atomic E-state index is 0. The highest BCUT2D eigenvalue weighted by atomic mass is 127. The fourth-order valence-electron chi connectivity index (χ4n) is 2.74. The average Bonchev–Trinajstić information content (AvgIpc) is 3.30. The summed E-state index contributed by atoms with van der Waals surface area (Å²) >= 11 is 1.73. The molecule has 152 valence electrons. The van der Waals surface area contributed by atoms with Gasteiger partial charge in [-0.2, -0.15) is 0 Å². The molecule has 0 aliphatic heterocycles. The summed E-state index contributed by atoms with van der Waals surface area (Å²) in [4.78, 5) is 9.20. The second-order valence-corrected chi connectivity index (χ2v) is 7.13. The fraction of sp³-hybridized carbons (Fsp3) is 0.632. The lowest BCUT2D eigenvalue weighted by atomic mass is 9.99. The maximum absolute atomic E-state index is 5.45. The van der Waals surface area contributed by atoms with Crippen LogP contribution in [0.15, 0.2) is 21.0 Å². The lowest BCUT2D eigenvalue weighted by Crippen LogP contribution is -2.38. The van der Waals surface area contributed by atoms with Crippen molar-refractivity contribution in [3.8, 4) is 0 Å². The molecule has 0 radical (unpaired) electrons. The summed E-state index contributed by atoms with van der Waals surface area (Å²) in [5, 5.41) is 14.2. The molecular weight excluding hydrogens is 473 g/mol. The van der Waals surface area contributed by atoms with Gasteiger partial charge in [0.2, 0.25) is 0 Å². The highest BCUT2D eigenvalue weighted by Crippen LogP contribution is 2.22. The quantitative estimate of drug-likeness (QED) is 0.282. The second kappa shape index (κ2) is 13.1. The maximum atomic E-state index is 5.45. The van der Waals surface area contributed by atoms with Crippen LogP contribution >= 0.6 is 35.3 Å². The van der Waals surface area contributed by atoms with Gasteiger partial charge in [0.05, 0.1) is 16.4 Å². The third-order valence-electron chi connectivity index (χ3n) is 4.29. The van der Waals surface area contributed by atoms with E-state index in [2.05, 4.69) is 58.8 Å². The van der Waals surface area contributed by atoms with E-state index in [1.807, 2.05) is 6.07 Å². The Labute approximate surface area is 183 Å². The summed E-state index contributed by atoms with van der Waals surface area (Å²) in [5.74, 6) is 2.06. The largest absolute Gasteiger partial charge is 0.359 e. The summed E-state index contributed by atoms with van der Waals surface area (Å²) in [6.45, 7) is 10.7. The van der Waals surface area contributed by atoms with Crippen LogP contribution in [0.2, 0.25) is 0 Å². The lowest BCUT2D eigenvalue weighted by molar-refractivity contribution is 0.372. The molecule has 0 atom stereocenters. The van der Waals surface area contributed by atoms with Crippen molar-refractivity contribution < 1.29 is 4.52 Å². The third-order valence-corrected chi connectivity index (χ3v) is 5.34. The van der Waals surface area contributed by atoms with Crippen molar-refractivity contribution in [3.05, 3.63) is 33.6 Å². The van der Waals surface area contributed by atoms with Crippen molar-refractivity contribution in [1.82, 2.24) is 20.8 Å². The van der Waals surface area contributed by atoms with Gasteiger partial charge in [-0.05, 0) is 26.2 Å². The summed E-state index contributed by atoms with van der Waals surface area (Å²) < 4.78 is 5.45. The number of nitrogens with zero attached hydrogens (tertiary/aromatic N) is 3. The highest BCUT2D eigenvalue weighted by molar-refractivity contribution is 14.0. The van der Waals surface area contributed by atoms with Crippen LogP contribution in [0, 0.1) is 0 Å². The molecule has 0 aromatic carbocycles. The Bertz CT molecular complexity index is 681. The molecule has 0 spiro atoms. The number of thiazole rings is 1. The number of rotatable bonds is 10. The number of guanidine groups is 1. The zero-order valence-electron chi connectivity index (χ0n) is 16.7. The molecule has 27 heavy (non-hydrogen) atoms. The third kappa shape index (κ3) is 7.77. The van der Waals surface area contributed by atoms with Crippen molar-refractivity contribution in [1.29, 1.82) is 0 Å². The van der Waals surface area contributed by atoms with Crippen LogP contribution in [-0.4, -0.2) is 29.2 Å². The highest BCUT2D eigenvalue weighted by Gasteiger charge is 2.12. The van der Waals surface area contributed by atoms with E-state index < -0.39 is 0 Å². The van der Waals surface area contributed by atoms with Gasteiger partial charge in [-0.3, -0.25) is 0 Å². The molecule has 2 aromatic rings. The zero-order chi connectivity index (χ0) is 18.8. The summed E-state index contributed by atoms with van der Waals surface area (Å²) in [7, 11) is 0. The standard InChI is InChI=1S/C19H31N5OS.HI/c1-5-14(6-2)17-11-16(25-24-17)12-22-19(20-8-4)21-10-9-15-13-26-18(7-3)23-15;/h11,13-14H,5-10,12H2,1-4H3,(H2,20,21,22);1H. The predicted octanol–water partition coefficient (Wildman–Crippen LogP) is 4.51. The van der Waals surface area contributed by atoms with Crippen molar-refractivity contribution in [3.63, 3.8) is 0 Å². The first kappa shape index (κ1) is 23.9. The number of hydrogen-bond donors (Lipinski definition) is 2. The topological polar surface area (TPSA) is 75.3 Å². The molecule has 8 heteroatoms. The van der Waals surface area contributed by atoms with E-state index in [0.717, 1.165) is 61.9 Å². The molecule has 2 heterocycles. The summed E-state index contributed by atoms with van der Waals surface area (Å²) in [6.07, 6.45) is 4.04. The molecule has 0 fully saturated rings. The molecule has 0 aliphatic carbocycles. The van der Waals surface area contributed by atoms with Gasteiger partial charge in [0.25, 0.3) is 0 Å². The van der Waals surface area contributed by atoms with Gasteiger partial charge in [-0.15, -0.1) is 35.3 Å². The molecule has 0 saturated carbocycles. The van der Waals surface area contributed by atoms with Crippen LogP contribution < -0.4 is 10.6 Å². The Hall–Kier alpha value is -1.16. The van der Waals surface area contributed by atoms with E-state index in [9.17, 15) is 0 Å². The molecule has 0 amide bonds. The first-order chi connectivity index (χ1) is 12.7. The predicted molar refractivity (Wildman–Crippen MR) is 123 cm³/mol. The van der Waals surface area contributed by atoms with Crippen LogP contribution in [0.3, 0.4) is 0 Å². The fourth-order valence-corrected chi connectivity index (χ4v) is 3.52. The van der Waals surface area contributed by atoms with Crippen molar-refractivity contribution in [2.75, 3.05) is 13.1 Å². The average molecular weight is 505 g/mol. The number of aromatic nitrogens is 2. The number of nitrogens with one attached hydrogen (secondary N) is 2. The minimum absolute atomic E-state index is 0. The van der Waals surface area contributed by atoms with Crippen molar-refractivity contribution in [2.45, 2.75) is 65.8 Å². The van der Waals surface area contributed by atoms with Crippen LogP contribution in [0.1, 0.15) is 68.6 Å². The van der Waals surface area contributed by atoms with Gasteiger partial charge in [0.15, 0.2) is 11.7 Å². The van der Waals surface area contributed by atoms with E-state index in [1.165, 1.54) is 5.01 Å². The normalized spacial score (nSPS) is 11.5. The Kier molecular flexibility index (Phi) is 11.6. The molecule has 0 aliphatic rings. The zero-order valence-corrected chi connectivity index (χ0v) is 19.9. The minimum Gasteiger partial charge on any atom is -0.359 e. The Balaban J connectivity index is 0.00000364. The summed E-state index contributed by atoms with van der Waals surface area (Å²) in [5.41, 5.74) is 2.17. The van der Waals surface area contributed by atoms with Crippen molar-refractivity contribution in [2.24, 2.45) is 4.99 Å². The van der Waals surface area contributed by atoms with Crippen molar-refractivity contribution >= 4 is 41.3 Å². The molecule has 2 aromatic heterocycles. The second-order valence-electron chi connectivity index (χ2n) is 6.19. The summed E-state index contributed by atoms with van der Waals surface area (Å²) in [6, 6.07) is 2.03. The number of aliphatic imine (C=N–C) groups is 1. The Morgan fingerprint density at radius 3 is 2.63 bits per heavy atom. The van der Waals surface area contributed by atoms with Crippen LogP contribution in [-0.2, 0) is 19.4 Å². The first-order valence-electron chi connectivity index (χ1n) is 9.60. The van der Waals surface area contributed by atoms with Crippen LogP contribution in [0.25, 0.3) is 0 Å². The number of halogens is 1. The van der Waals surface area contributed by atoms with E-state index in [1.54, 1.807) is 11.3 Å². The molecule has 2 rings (SSSR count). The SMILES string of the molecule is CCNC(=NCc1cc(C(CC)CC)no1)NCCc1csc(CC)n1.I. The van der Waals surface area contributed by atoms with E-state index >= 15 is 0 Å². The molecule has 0 bridgehead atoms. The van der Waals surface area contributed by atoms with Crippen LogP contribution in [0.4, 0.5) is 0 Å². The first-order valence-corrected chi connectivity index (χ1v) is 10.5. The Morgan fingerprint density at radius 2 is 2.00 bits per heavy atom. The van der Waals surface area contributed by atoms with Gasteiger partial charge < -0.3 is 15.2 Å². The van der Waals surface area contributed by atoms with Gasteiger partial charge in [-0.1, -0.05) is 25.9 Å². The maximum Gasteiger partial charge on any atom is 0.191 e. The molecule has 0 saturated heterocycles. The lowest BCUT2D eigenvalue weighted by Gasteiger charge is -2.10. The Morgan fingerprint density at radius 1 is 1.22 bits per heavy atom. The molecule has 2 N–H and O–H groups in total. The van der Waals surface area contributed by atoms with E-state index in [0.29, 0.717) is 12.5 Å². The van der Waals surface area contributed by atoms with Gasteiger partial charge in [0, 0.05) is 36.9 Å². The van der Waals surface area contributed by atoms with Gasteiger partial charge in [0.1, 0.15) is 6.54 Å². The molecule has 6 nitrogen and oxygen atoms in total. The van der Waals surface area contributed by atoms with Crippen LogP contribution in [0.5, 0.6) is 0 Å². The molecule has 0 unspecified atom stereocenters.